The summed E-state index contributed by atoms with van der Waals surface area (Å²) in [6.07, 6.45) is 60.9. The van der Waals surface area contributed by atoms with Crippen molar-refractivity contribution in [2.75, 3.05) is 0 Å². The van der Waals surface area contributed by atoms with Gasteiger partial charge in [-0.15, -0.1) is 0 Å². The first kappa shape index (κ1) is 46.2. The lowest BCUT2D eigenvalue weighted by Gasteiger charge is -2.07. The van der Waals surface area contributed by atoms with Gasteiger partial charge in [0, 0.05) is 6.42 Å². The molecule has 2 nitrogen and oxygen atoms in total. The van der Waals surface area contributed by atoms with Crippen LogP contribution in [0.1, 0.15) is 271 Å². The average Bonchev–Trinajstić information content (AvgIpc) is 3.50. The standard InChI is InChI=1S/C47H93N2/c1-4-7-10-13-15-17-19-21-23-25-27-29-31-33-35-37-40-43-48-45-46-49(47(48)42-39-12-9-6-3)44-41-38-36-34-32-30-28-26-24-22-20-18-16-14-11-8-5-2/h45-46H,4-44H2,1-3H3/q+1. The first-order valence-corrected chi connectivity index (χ1v) is 23.4. The highest BCUT2D eigenvalue weighted by atomic mass is 15.1. The van der Waals surface area contributed by atoms with Crippen molar-refractivity contribution in [2.24, 2.45) is 0 Å². The first-order valence-electron chi connectivity index (χ1n) is 23.4. The van der Waals surface area contributed by atoms with Crippen molar-refractivity contribution in [3.63, 3.8) is 0 Å². The zero-order valence-corrected chi connectivity index (χ0v) is 34.5. The number of aromatic nitrogens is 2. The van der Waals surface area contributed by atoms with Crippen LogP contribution in [-0.4, -0.2) is 4.57 Å². The van der Waals surface area contributed by atoms with Crippen molar-refractivity contribution in [3.8, 4) is 0 Å². The highest BCUT2D eigenvalue weighted by Crippen LogP contribution is 2.16. The van der Waals surface area contributed by atoms with Gasteiger partial charge >= 0.3 is 0 Å². The normalized spacial score (nSPS) is 11.7. The summed E-state index contributed by atoms with van der Waals surface area (Å²) in [4.78, 5) is 0. The van der Waals surface area contributed by atoms with Gasteiger partial charge in [0.1, 0.15) is 12.4 Å². The predicted molar refractivity (Wildman–Crippen MR) is 221 cm³/mol. The smallest absolute Gasteiger partial charge is 0.234 e. The molecule has 290 valence electrons. The van der Waals surface area contributed by atoms with E-state index < -0.39 is 0 Å². The molecule has 0 saturated carbocycles. The number of unbranched alkanes of at least 4 members (excludes halogenated alkanes) is 35. The lowest BCUT2D eigenvalue weighted by Crippen LogP contribution is -2.37. The van der Waals surface area contributed by atoms with Crippen LogP contribution in [0.15, 0.2) is 12.4 Å². The maximum absolute atomic E-state index is 2.63. The van der Waals surface area contributed by atoms with E-state index in [1.165, 1.54) is 264 Å². The Hall–Kier alpha value is -0.790. The molecule has 1 aromatic heterocycles. The summed E-state index contributed by atoms with van der Waals surface area (Å²) >= 11 is 0. The molecule has 0 radical (unpaired) electrons. The fourth-order valence-electron chi connectivity index (χ4n) is 7.92. The van der Waals surface area contributed by atoms with Crippen molar-refractivity contribution >= 4 is 0 Å². The lowest BCUT2D eigenvalue weighted by atomic mass is 10.0. The van der Waals surface area contributed by atoms with Crippen LogP contribution in [0.5, 0.6) is 0 Å². The fraction of sp³-hybridized carbons (Fsp3) is 0.936. The number of hydrogen-bond donors (Lipinski definition) is 0. The lowest BCUT2D eigenvalue weighted by molar-refractivity contribution is -0.704. The maximum atomic E-state index is 2.63. The second-order valence-electron chi connectivity index (χ2n) is 16.2. The van der Waals surface area contributed by atoms with E-state index in [2.05, 4.69) is 42.3 Å². The summed E-state index contributed by atoms with van der Waals surface area (Å²) in [6, 6.07) is 0. The van der Waals surface area contributed by atoms with Crippen LogP contribution in [0.3, 0.4) is 0 Å². The molecule has 0 aliphatic rings. The van der Waals surface area contributed by atoms with E-state index in [0.717, 1.165) is 0 Å². The number of rotatable bonds is 41. The molecule has 0 aliphatic heterocycles. The van der Waals surface area contributed by atoms with Gasteiger partial charge in [-0.3, -0.25) is 0 Å². The summed E-state index contributed by atoms with van der Waals surface area (Å²) in [6.45, 7) is 9.42. The highest BCUT2D eigenvalue weighted by Gasteiger charge is 2.16. The number of hydrogen-bond acceptors (Lipinski definition) is 0. The minimum Gasteiger partial charge on any atom is -0.234 e. The average molecular weight is 686 g/mol. The van der Waals surface area contributed by atoms with E-state index in [9.17, 15) is 0 Å². The SMILES string of the molecule is CCCCCCCCCCCCCCCCCCCn1cc[n+](CCCCCCCCCCCCCCCCCCC)c1CCCCCC. The summed E-state index contributed by atoms with van der Waals surface area (Å²) in [5.74, 6) is 1.61. The molecule has 1 heterocycles. The van der Waals surface area contributed by atoms with Crippen molar-refractivity contribution in [1.82, 2.24) is 4.57 Å². The molecular formula is C47H93N2+. The third kappa shape index (κ3) is 30.5. The van der Waals surface area contributed by atoms with Crippen LogP contribution >= 0.6 is 0 Å². The van der Waals surface area contributed by atoms with Crippen LogP contribution in [0.2, 0.25) is 0 Å². The molecule has 0 aromatic carbocycles. The molecule has 0 amide bonds. The molecule has 0 unspecified atom stereocenters. The fourth-order valence-corrected chi connectivity index (χ4v) is 7.92. The Bertz CT molecular complexity index is 696. The second-order valence-corrected chi connectivity index (χ2v) is 16.2. The molecule has 0 saturated heterocycles. The Morgan fingerprint density at radius 1 is 0.347 bits per heavy atom. The second kappa shape index (κ2) is 38.4. The molecule has 0 spiro atoms. The molecule has 0 bridgehead atoms. The van der Waals surface area contributed by atoms with E-state index in [1.54, 1.807) is 5.82 Å². The quantitative estimate of drug-likeness (QED) is 0.0479. The van der Waals surface area contributed by atoms with E-state index in [-0.39, 0.29) is 0 Å². The van der Waals surface area contributed by atoms with Gasteiger partial charge in [0.25, 0.3) is 5.82 Å². The van der Waals surface area contributed by atoms with Crippen LogP contribution in [0.25, 0.3) is 0 Å². The molecule has 0 N–H and O–H groups in total. The zero-order valence-electron chi connectivity index (χ0n) is 34.5. The van der Waals surface area contributed by atoms with E-state index in [0.29, 0.717) is 0 Å². The predicted octanol–water partition coefficient (Wildman–Crippen LogP) is 16.2. The molecular weight excluding hydrogens is 593 g/mol. The minimum atomic E-state index is 1.23. The summed E-state index contributed by atoms with van der Waals surface area (Å²) in [5.41, 5.74) is 0. The number of imidazole rings is 1. The number of nitrogens with zero attached hydrogens (tertiary/aromatic N) is 2. The Balaban J connectivity index is 2.07. The van der Waals surface area contributed by atoms with Crippen LogP contribution in [0, 0.1) is 0 Å². The molecule has 0 atom stereocenters. The van der Waals surface area contributed by atoms with Crippen molar-refractivity contribution in [2.45, 2.75) is 284 Å². The molecule has 0 aliphatic carbocycles. The maximum Gasteiger partial charge on any atom is 0.256 e. The van der Waals surface area contributed by atoms with E-state index in [4.69, 9.17) is 0 Å². The highest BCUT2D eigenvalue weighted by molar-refractivity contribution is 4.84. The molecule has 1 aromatic rings. The van der Waals surface area contributed by atoms with Crippen molar-refractivity contribution in [3.05, 3.63) is 18.2 Å². The van der Waals surface area contributed by atoms with Crippen LogP contribution in [0.4, 0.5) is 0 Å². The third-order valence-electron chi connectivity index (χ3n) is 11.3. The first-order chi connectivity index (χ1) is 24.3. The van der Waals surface area contributed by atoms with Gasteiger partial charge in [-0.1, -0.05) is 233 Å². The summed E-state index contributed by atoms with van der Waals surface area (Å²) in [7, 11) is 0. The van der Waals surface area contributed by atoms with E-state index >= 15 is 0 Å². The Kier molecular flexibility index (Phi) is 36.3. The molecule has 49 heavy (non-hydrogen) atoms. The molecule has 2 heteroatoms. The largest absolute Gasteiger partial charge is 0.256 e. The van der Waals surface area contributed by atoms with Gasteiger partial charge in [0.05, 0.1) is 13.1 Å². The van der Waals surface area contributed by atoms with Gasteiger partial charge in [0.2, 0.25) is 0 Å². The monoisotopic (exact) mass is 686 g/mol. The van der Waals surface area contributed by atoms with Gasteiger partial charge < -0.3 is 0 Å². The van der Waals surface area contributed by atoms with Crippen molar-refractivity contribution < 1.29 is 4.57 Å². The number of aryl methyl sites for hydroxylation is 2. The third-order valence-corrected chi connectivity index (χ3v) is 11.3. The van der Waals surface area contributed by atoms with Gasteiger partial charge in [-0.2, -0.15) is 0 Å². The summed E-state index contributed by atoms with van der Waals surface area (Å²) in [5, 5.41) is 0. The zero-order chi connectivity index (χ0) is 35.1. The molecule has 1 rings (SSSR count). The topological polar surface area (TPSA) is 8.81 Å². The van der Waals surface area contributed by atoms with Crippen molar-refractivity contribution in [1.29, 1.82) is 0 Å². The van der Waals surface area contributed by atoms with E-state index in [1.807, 2.05) is 0 Å². The van der Waals surface area contributed by atoms with Gasteiger partial charge in [-0.25, -0.2) is 9.13 Å². The van der Waals surface area contributed by atoms with Crippen LogP contribution in [-0.2, 0) is 19.5 Å². The van der Waals surface area contributed by atoms with Gasteiger partial charge in [-0.05, 0) is 32.1 Å². The Morgan fingerprint density at radius 3 is 0.980 bits per heavy atom. The summed E-state index contributed by atoms with van der Waals surface area (Å²) < 4.78 is 5.26. The molecule has 0 fully saturated rings. The Labute approximate surface area is 310 Å². The van der Waals surface area contributed by atoms with Gasteiger partial charge in [0.15, 0.2) is 0 Å². The Morgan fingerprint density at radius 2 is 0.633 bits per heavy atom. The minimum absolute atomic E-state index is 1.23. The van der Waals surface area contributed by atoms with Crippen LogP contribution < -0.4 is 4.57 Å².